The summed E-state index contributed by atoms with van der Waals surface area (Å²) in [4.78, 5) is 10.7. The minimum atomic E-state index is -0.993. The molecule has 1 aromatic rings. The molecule has 0 heterocycles. The quantitative estimate of drug-likeness (QED) is 0.731. The first-order valence-electron chi connectivity index (χ1n) is 4.12. The maximum Gasteiger partial charge on any atom is 0.336 e. The molecule has 0 fully saturated rings. The van der Waals surface area contributed by atoms with Crippen molar-refractivity contribution in [2.75, 3.05) is 0 Å². The molecule has 0 atom stereocenters. The molecule has 2 N–H and O–H groups in total. The highest BCUT2D eigenvalue weighted by atomic mass is 16.4. The van der Waals surface area contributed by atoms with Crippen molar-refractivity contribution in [2.24, 2.45) is 0 Å². The van der Waals surface area contributed by atoms with E-state index >= 15 is 0 Å². The van der Waals surface area contributed by atoms with Gasteiger partial charge in [-0.3, -0.25) is 0 Å². The zero-order valence-corrected chi connectivity index (χ0v) is 7.66. The number of carboxylic acid groups (broad SMARTS) is 1. The number of aromatic hydroxyl groups is 1. The third-order valence-electron chi connectivity index (χ3n) is 2.07. The summed E-state index contributed by atoms with van der Waals surface area (Å²) in [7, 11) is 0. The number of hydrogen-bond donors (Lipinski definition) is 2. The Balaban J connectivity index is 3.38. The zero-order valence-electron chi connectivity index (χ0n) is 7.66. The van der Waals surface area contributed by atoms with Gasteiger partial charge in [0.15, 0.2) is 0 Å². The molecule has 13 heavy (non-hydrogen) atoms. The predicted octanol–water partition coefficient (Wildman–Crippen LogP) is 1.96. The summed E-state index contributed by atoms with van der Waals surface area (Å²) in [5.41, 5.74) is 1.40. The van der Waals surface area contributed by atoms with Crippen molar-refractivity contribution in [1.82, 2.24) is 0 Å². The van der Waals surface area contributed by atoms with Gasteiger partial charge >= 0.3 is 5.97 Å². The smallest absolute Gasteiger partial charge is 0.336 e. The highest BCUT2D eigenvalue weighted by Crippen LogP contribution is 2.25. The Morgan fingerprint density at radius 3 is 2.54 bits per heavy atom. The second-order valence-corrected chi connectivity index (χ2v) is 2.92. The van der Waals surface area contributed by atoms with Crippen molar-refractivity contribution in [2.45, 2.75) is 20.3 Å². The third-order valence-corrected chi connectivity index (χ3v) is 2.07. The van der Waals surface area contributed by atoms with Gasteiger partial charge in [0.2, 0.25) is 0 Å². The van der Waals surface area contributed by atoms with Gasteiger partial charge in [0, 0.05) is 5.56 Å². The van der Waals surface area contributed by atoms with Crippen molar-refractivity contribution in [3.63, 3.8) is 0 Å². The summed E-state index contributed by atoms with van der Waals surface area (Å²) in [6.07, 6.45) is 0.523. The Labute approximate surface area is 76.6 Å². The first kappa shape index (κ1) is 9.58. The largest absolute Gasteiger partial charge is 0.507 e. The highest BCUT2D eigenvalue weighted by molar-refractivity contribution is 5.90. The van der Waals surface area contributed by atoms with E-state index in [1.165, 1.54) is 6.07 Å². The molecule has 1 rings (SSSR count). The minimum Gasteiger partial charge on any atom is -0.507 e. The summed E-state index contributed by atoms with van der Waals surface area (Å²) in [6, 6.07) is 3.13. The van der Waals surface area contributed by atoms with E-state index in [1.54, 1.807) is 13.0 Å². The molecule has 0 unspecified atom stereocenters. The van der Waals surface area contributed by atoms with Gasteiger partial charge in [0.1, 0.15) is 5.75 Å². The number of carboxylic acids is 1. The Bertz CT molecular complexity index is 342. The van der Waals surface area contributed by atoms with Crippen molar-refractivity contribution >= 4 is 5.97 Å². The van der Waals surface area contributed by atoms with Crippen LogP contribution < -0.4 is 0 Å². The molecule has 0 amide bonds. The van der Waals surface area contributed by atoms with Crippen molar-refractivity contribution in [3.8, 4) is 5.75 Å². The van der Waals surface area contributed by atoms with Crippen LogP contribution in [0.25, 0.3) is 0 Å². The molecule has 0 bridgehead atoms. The monoisotopic (exact) mass is 180 g/mol. The highest BCUT2D eigenvalue weighted by Gasteiger charge is 2.13. The van der Waals surface area contributed by atoms with Crippen LogP contribution in [-0.4, -0.2) is 16.2 Å². The molecular weight excluding hydrogens is 168 g/mol. The van der Waals surface area contributed by atoms with Crippen LogP contribution in [0.5, 0.6) is 5.75 Å². The fourth-order valence-electron chi connectivity index (χ4n) is 1.31. The number of benzene rings is 1. The molecule has 0 aromatic heterocycles. The van der Waals surface area contributed by atoms with Crippen molar-refractivity contribution < 1.29 is 15.0 Å². The summed E-state index contributed by atoms with van der Waals surface area (Å²) in [6.45, 7) is 3.57. The van der Waals surface area contributed by atoms with Crippen molar-refractivity contribution in [1.29, 1.82) is 0 Å². The van der Waals surface area contributed by atoms with Crippen LogP contribution in [0.1, 0.15) is 28.4 Å². The summed E-state index contributed by atoms with van der Waals surface area (Å²) >= 11 is 0. The lowest BCUT2D eigenvalue weighted by molar-refractivity contribution is 0.0695. The molecule has 0 saturated carbocycles. The molecule has 0 radical (unpaired) electrons. The van der Waals surface area contributed by atoms with Gasteiger partial charge in [0.05, 0.1) is 5.56 Å². The van der Waals surface area contributed by atoms with Crippen LogP contribution in [0.2, 0.25) is 0 Å². The lowest BCUT2D eigenvalue weighted by Gasteiger charge is -2.08. The van der Waals surface area contributed by atoms with Crippen LogP contribution >= 0.6 is 0 Å². The first-order valence-corrected chi connectivity index (χ1v) is 4.12. The summed E-state index contributed by atoms with van der Waals surface area (Å²) in [5, 5.41) is 18.4. The zero-order chi connectivity index (χ0) is 10.0. The lowest BCUT2D eigenvalue weighted by Crippen LogP contribution is -2.02. The Hall–Kier alpha value is -1.51. The van der Waals surface area contributed by atoms with E-state index in [9.17, 15) is 9.90 Å². The number of rotatable bonds is 2. The normalized spacial score (nSPS) is 10.0. The average Bonchev–Trinajstić information content (AvgIpc) is 2.09. The summed E-state index contributed by atoms with van der Waals surface area (Å²) < 4.78 is 0. The Kier molecular flexibility index (Phi) is 2.56. The SMILES string of the molecule is CCc1c(C(=O)O)ccc(C)c1O. The average molecular weight is 180 g/mol. The van der Waals surface area contributed by atoms with Gasteiger partial charge in [0.25, 0.3) is 0 Å². The van der Waals surface area contributed by atoms with E-state index in [2.05, 4.69) is 0 Å². The molecule has 0 aliphatic carbocycles. The number of hydrogen-bond acceptors (Lipinski definition) is 2. The van der Waals surface area contributed by atoms with Crippen molar-refractivity contribution in [3.05, 3.63) is 28.8 Å². The number of carbonyl (C=O) groups is 1. The Morgan fingerprint density at radius 1 is 1.46 bits per heavy atom. The number of aryl methyl sites for hydroxylation is 1. The molecule has 0 spiro atoms. The minimum absolute atomic E-state index is 0.0994. The Morgan fingerprint density at radius 2 is 2.08 bits per heavy atom. The molecule has 3 nitrogen and oxygen atoms in total. The van der Waals surface area contributed by atoms with E-state index in [0.717, 1.165) is 0 Å². The van der Waals surface area contributed by atoms with E-state index in [4.69, 9.17) is 5.11 Å². The van der Waals surface area contributed by atoms with Crippen LogP contribution in [0, 0.1) is 6.92 Å². The molecule has 70 valence electrons. The molecule has 0 aliphatic heterocycles. The molecular formula is C10H12O3. The third kappa shape index (κ3) is 1.64. The van der Waals surface area contributed by atoms with Gasteiger partial charge in [-0.05, 0) is 25.0 Å². The molecule has 1 aromatic carbocycles. The van der Waals surface area contributed by atoms with E-state index in [1.807, 2.05) is 6.92 Å². The number of phenolic OH excluding ortho intramolecular Hbond substituents is 1. The topological polar surface area (TPSA) is 57.5 Å². The van der Waals surface area contributed by atoms with Crippen LogP contribution in [0.3, 0.4) is 0 Å². The number of phenols is 1. The van der Waals surface area contributed by atoms with Gasteiger partial charge in [-0.1, -0.05) is 13.0 Å². The van der Waals surface area contributed by atoms with E-state index < -0.39 is 5.97 Å². The van der Waals surface area contributed by atoms with Crippen LogP contribution in [0.15, 0.2) is 12.1 Å². The van der Waals surface area contributed by atoms with Gasteiger partial charge < -0.3 is 10.2 Å². The second kappa shape index (κ2) is 3.47. The fraction of sp³-hybridized carbons (Fsp3) is 0.300. The maximum atomic E-state index is 10.7. The van der Waals surface area contributed by atoms with Crippen LogP contribution in [-0.2, 0) is 6.42 Å². The van der Waals surface area contributed by atoms with Gasteiger partial charge in [-0.25, -0.2) is 4.79 Å². The van der Waals surface area contributed by atoms with E-state index in [-0.39, 0.29) is 11.3 Å². The first-order chi connectivity index (χ1) is 6.07. The summed E-state index contributed by atoms with van der Waals surface area (Å²) in [5.74, 6) is -0.894. The maximum absolute atomic E-state index is 10.7. The molecule has 3 heteroatoms. The predicted molar refractivity (Wildman–Crippen MR) is 49.2 cm³/mol. The van der Waals surface area contributed by atoms with Gasteiger partial charge in [-0.2, -0.15) is 0 Å². The number of aromatic carboxylic acids is 1. The second-order valence-electron chi connectivity index (χ2n) is 2.92. The standard InChI is InChI=1S/C10H12O3/c1-3-7-8(10(12)13)5-4-6(2)9(7)11/h4-5,11H,3H2,1-2H3,(H,12,13). The van der Waals surface area contributed by atoms with Gasteiger partial charge in [-0.15, -0.1) is 0 Å². The molecule has 0 aliphatic rings. The fourth-order valence-corrected chi connectivity index (χ4v) is 1.31. The lowest BCUT2D eigenvalue weighted by atomic mass is 10.0. The van der Waals surface area contributed by atoms with E-state index in [0.29, 0.717) is 17.5 Å². The molecule has 0 saturated heterocycles. The van der Waals surface area contributed by atoms with Crippen LogP contribution in [0.4, 0.5) is 0 Å².